The zero-order valence-electron chi connectivity index (χ0n) is 7.66. The first-order chi connectivity index (χ1) is 6.32. The lowest BCUT2D eigenvalue weighted by Crippen LogP contribution is -2.12. The van der Waals surface area contributed by atoms with Crippen molar-refractivity contribution in [3.8, 4) is 0 Å². The summed E-state index contributed by atoms with van der Waals surface area (Å²) < 4.78 is 35.0. The number of rotatable bonds is 2. The molecule has 6 heteroatoms. The van der Waals surface area contributed by atoms with Crippen LogP contribution >= 0.6 is 10.7 Å². The molecule has 3 nitrogen and oxygen atoms in total. The minimum Gasteiger partial charge on any atom is -0.376 e. The summed E-state index contributed by atoms with van der Waals surface area (Å²) in [6.07, 6.45) is 0. The normalized spacial score (nSPS) is 11.4. The van der Waals surface area contributed by atoms with Gasteiger partial charge in [0, 0.05) is 24.8 Å². The van der Waals surface area contributed by atoms with Crippen LogP contribution in [0.5, 0.6) is 0 Å². The van der Waals surface area contributed by atoms with E-state index in [-0.39, 0.29) is 10.6 Å². The highest BCUT2D eigenvalue weighted by atomic mass is 35.7. The minimum atomic E-state index is -3.83. The Morgan fingerprint density at radius 2 is 1.93 bits per heavy atom. The molecular formula is C8H9ClFNO2S. The van der Waals surface area contributed by atoms with Gasteiger partial charge in [-0.3, -0.25) is 0 Å². The first kappa shape index (κ1) is 11.3. The van der Waals surface area contributed by atoms with Gasteiger partial charge in [0.1, 0.15) is 10.7 Å². The van der Waals surface area contributed by atoms with E-state index in [4.69, 9.17) is 10.7 Å². The van der Waals surface area contributed by atoms with Crippen LogP contribution in [-0.4, -0.2) is 22.5 Å². The van der Waals surface area contributed by atoms with Crippen LogP contribution in [0, 0.1) is 5.82 Å². The predicted molar refractivity (Wildman–Crippen MR) is 53.8 cm³/mol. The van der Waals surface area contributed by atoms with E-state index >= 15 is 0 Å². The van der Waals surface area contributed by atoms with Crippen LogP contribution in [0.25, 0.3) is 0 Å². The van der Waals surface area contributed by atoms with Gasteiger partial charge in [0.15, 0.2) is 0 Å². The third kappa shape index (κ3) is 2.36. The quantitative estimate of drug-likeness (QED) is 0.737. The van der Waals surface area contributed by atoms with E-state index in [1.807, 2.05) is 0 Å². The Balaban J connectivity index is 3.45. The van der Waals surface area contributed by atoms with Crippen molar-refractivity contribution < 1.29 is 12.8 Å². The molecule has 0 N–H and O–H groups in total. The highest BCUT2D eigenvalue weighted by molar-refractivity contribution is 8.13. The third-order valence-corrected chi connectivity index (χ3v) is 3.03. The molecule has 0 unspecified atom stereocenters. The number of hydrogen-bond acceptors (Lipinski definition) is 3. The molecular weight excluding hydrogens is 229 g/mol. The van der Waals surface area contributed by atoms with E-state index in [9.17, 15) is 12.8 Å². The topological polar surface area (TPSA) is 37.4 Å². The van der Waals surface area contributed by atoms with E-state index in [2.05, 4.69) is 0 Å². The highest BCUT2D eigenvalue weighted by Crippen LogP contribution is 2.27. The van der Waals surface area contributed by atoms with Crippen molar-refractivity contribution in [2.24, 2.45) is 0 Å². The van der Waals surface area contributed by atoms with Gasteiger partial charge < -0.3 is 4.90 Å². The maximum Gasteiger partial charge on any atom is 0.263 e. The first-order valence-electron chi connectivity index (χ1n) is 3.74. The average Bonchev–Trinajstić information content (AvgIpc) is 2.01. The molecule has 0 amide bonds. The SMILES string of the molecule is CN(C)c1cc(F)ccc1S(=O)(=O)Cl. The number of hydrogen-bond donors (Lipinski definition) is 0. The van der Waals surface area contributed by atoms with Crippen molar-refractivity contribution in [1.82, 2.24) is 0 Å². The summed E-state index contributed by atoms with van der Waals surface area (Å²) in [5.41, 5.74) is 0.236. The van der Waals surface area contributed by atoms with Crippen LogP contribution in [0.3, 0.4) is 0 Å². The number of halogens is 2. The second-order valence-corrected chi connectivity index (χ2v) is 5.48. The molecule has 78 valence electrons. The second kappa shape index (κ2) is 3.74. The van der Waals surface area contributed by atoms with Crippen molar-refractivity contribution in [3.63, 3.8) is 0 Å². The molecule has 0 aliphatic heterocycles. The summed E-state index contributed by atoms with van der Waals surface area (Å²) in [6.45, 7) is 0. The van der Waals surface area contributed by atoms with E-state index in [1.165, 1.54) is 4.90 Å². The molecule has 0 aliphatic carbocycles. The monoisotopic (exact) mass is 237 g/mol. The summed E-state index contributed by atoms with van der Waals surface area (Å²) in [4.78, 5) is 1.39. The van der Waals surface area contributed by atoms with Crippen LogP contribution in [0.4, 0.5) is 10.1 Å². The van der Waals surface area contributed by atoms with Crippen molar-refractivity contribution in [2.75, 3.05) is 19.0 Å². The Bertz CT molecular complexity index is 445. The van der Waals surface area contributed by atoms with Gasteiger partial charge >= 0.3 is 0 Å². The van der Waals surface area contributed by atoms with E-state index in [0.29, 0.717) is 0 Å². The van der Waals surface area contributed by atoms with Gasteiger partial charge in [-0.25, -0.2) is 12.8 Å². The summed E-state index contributed by atoms with van der Waals surface area (Å²) >= 11 is 0. The average molecular weight is 238 g/mol. The molecule has 14 heavy (non-hydrogen) atoms. The van der Waals surface area contributed by atoms with Crippen LogP contribution in [0.2, 0.25) is 0 Å². The van der Waals surface area contributed by atoms with Gasteiger partial charge in [0.05, 0.1) is 5.69 Å². The van der Waals surface area contributed by atoms with Crippen LogP contribution in [-0.2, 0) is 9.05 Å². The van der Waals surface area contributed by atoms with E-state index in [0.717, 1.165) is 18.2 Å². The van der Waals surface area contributed by atoms with Crippen molar-refractivity contribution in [2.45, 2.75) is 4.90 Å². The lowest BCUT2D eigenvalue weighted by molar-refractivity contribution is 0.607. The fraction of sp³-hybridized carbons (Fsp3) is 0.250. The maximum absolute atomic E-state index is 12.8. The molecule has 0 aliphatic rings. The fourth-order valence-electron chi connectivity index (χ4n) is 1.05. The maximum atomic E-state index is 12.8. The minimum absolute atomic E-state index is 0.0921. The van der Waals surface area contributed by atoms with Gasteiger partial charge in [-0.2, -0.15) is 0 Å². The highest BCUT2D eigenvalue weighted by Gasteiger charge is 2.17. The van der Waals surface area contributed by atoms with Gasteiger partial charge in [0.25, 0.3) is 9.05 Å². The molecule has 1 aromatic rings. The summed E-state index contributed by atoms with van der Waals surface area (Å²) in [5, 5.41) is 0. The van der Waals surface area contributed by atoms with Crippen LogP contribution < -0.4 is 4.90 Å². The molecule has 1 rings (SSSR count). The number of nitrogens with zero attached hydrogens (tertiary/aromatic N) is 1. The zero-order chi connectivity index (χ0) is 10.9. The summed E-state index contributed by atoms with van der Waals surface area (Å²) in [7, 11) is 4.57. The molecule has 0 radical (unpaired) electrons. The Hall–Kier alpha value is -0.810. The molecule has 0 saturated carbocycles. The van der Waals surface area contributed by atoms with Gasteiger partial charge in [-0.1, -0.05) is 0 Å². The Morgan fingerprint density at radius 1 is 1.36 bits per heavy atom. The number of benzene rings is 1. The Morgan fingerprint density at radius 3 is 2.36 bits per heavy atom. The largest absolute Gasteiger partial charge is 0.376 e. The van der Waals surface area contributed by atoms with E-state index < -0.39 is 14.9 Å². The smallest absolute Gasteiger partial charge is 0.263 e. The molecule has 0 saturated heterocycles. The van der Waals surface area contributed by atoms with Crippen LogP contribution in [0.15, 0.2) is 23.1 Å². The second-order valence-electron chi connectivity index (χ2n) is 2.94. The third-order valence-electron chi connectivity index (χ3n) is 1.67. The molecule has 0 bridgehead atoms. The van der Waals surface area contributed by atoms with Gasteiger partial charge in [-0.05, 0) is 18.2 Å². The van der Waals surface area contributed by atoms with E-state index in [1.54, 1.807) is 14.1 Å². The fourth-order valence-corrected chi connectivity index (χ4v) is 2.16. The molecule has 1 aromatic carbocycles. The summed E-state index contributed by atoms with van der Waals surface area (Å²) in [6, 6.07) is 3.32. The van der Waals surface area contributed by atoms with Crippen molar-refractivity contribution >= 4 is 25.4 Å². The molecule has 0 spiro atoms. The molecule has 0 fully saturated rings. The molecule has 0 aromatic heterocycles. The standard InChI is InChI=1S/C8H9ClFNO2S/c1-11(2)7-5-6(10)3-4-8(7)14(9,12)13/h3-5H,1-2H3. The van der Waals surface area contributed by atoms with Gasteiger partial charge in [0.2, 0.25) is 0 Å². The number of anilines is 1. The zero-order valence-corrected chi connectivity index (χ0v) is 9.23. The Labute approximate surface area is 86.5 Å². The first-order valence-corrected chi connectivity index (χ1v) is 6.05. The Kier molecular flexibility index (Phi) is 3.01. The predicted octanol–water partition coefficient (Wildman–Crippen LogP) is 1.82. The van der Waals surface area contributed by atoms with Crippen LogP contribution in [0.1, 0.15) is 0 Å². The molecule has 0 atom stereocenters. The lowest BCUT2D eigenvalue weighted by atomic mass is 10.3. The van der Waals surface area contributed by atoms with Gasteiger partial charge in [-0.15, -0.1) is 0 Å². The summed E-state index contributed by atoms with van der Waals surface area (Å²) in [5.74, 6) is -0.502. The van der Waals surface area contributed by atoms with Crippen molar-refractivity contribution in [1.29, 1.82) is 0 Å². The molecule has 0 heterocycles. The lowest BCUT2D eigenvalue weighted by Gasteiger charge is -2.15. The van der Waals surface area contributed by atoms with Crippen molar-refractivity contribution in [3.05, 3.63) is 24.0 Å².